The van der Waals surface area contributed by atoms with E-state index in [0.717, 1.165) is 5.01 Å². The van der Waals surface area contributed by atoms with Gasteiger partial charge in [0.05, 0.1) is 5.01 Å². The summed E-state index contributed by atoms with van der Waals surface area (Å²) in [4.78, 5) is 5.53. The van der Waals surface area contributed by atoms with E-state index < -0.39 is 0 Å². The number of nitrogens with one attached hydrogen (secondary N) is 1. The molecule has 4 heteroatoms. The van der Waals surface area contributed by atoms with Crippen molar-refractivity contribution in [3.05, 3.63) is 52.0 Å². The summed E-state index contributed by atoms with van der Waals surface area (Å²) in [6, 6.07) is 10.7. The minimum absolute atomic E-state index is 0.170. The van der Waals surface area contributed by atoms with Gasteiger partial charge in [-0.15, -0.1) is 11.3 Å². The molecule has 0 aliphatic heterocycles. The van der Waals surface area contributed by atoms with Crippen molar-refractivity contribution in [3.63, 3.8) is 0 Å². The van der Waals surface area contributed by atoms with Crippen LogP contribution in [0, 0.1) is 6.92 Å². The van der Waals surface area contributed by atoms with Crippen LogP contribution in [-0.4, -0.2) is 16.7 Å². The van der Waals surface area contributed by atoms with Gasteiger partial charge in [-0.25, -0.2) is 4.98 Å². The van der Waals surface area contributed by atoms with Gasteiger partial charge in [0.25, 0.3) is 0 Å². The molecule has 2 aromatic rings. The third kappa shape index (κ3) is 3.86. The smallest absolute Gasteiger partial charge is 0.0897 e. The number of hydrogen-bond donors (Lipinski definition) is 2. The molecule has 0 aliphatic rings. The topological polar surface area (TPSA) is 45.2 Å². The fourth-order valence-electron chi connectivity index (χ4n) is 2.12. The van der Waals surface area contributed by atoms with Crippen LogP contribution in [0.5, 0.6) is 0 Å². The molecule has 102 valence electrons. The summed E-state index contributed by atoms with van der Waals surface area (Å²) < 4.78 is 0. The van der Waals surface area contributed by atoms with E-state index >= 15 is 0 Å². The van der Waals surface area contributed by atoms with Crippen LogP contribution in [0.3, 0.4) is 0 Å². The second kappa shape index (κ2) is 6.80. The Hall–Kier alpha value is -1.23. The molecule has 0 bridgehead atoms. The molecule has 2 atom stereocenters. The van der Waals surface area contributed by atoms with Crippen molar-refractivity contribution in [2.45, 2.75) is 32.4 Å². The van der Waals surface area contributed by atoms with Gasteiger partial charge in [0.15, 0.2) is 0 Å². The minimum Gasteiger partial charge on any atom is -0.396 e. The number of rotatable bonds is 6. The Morgan fingerprint density at radius 2 is 2.05 bits per heavy atom. The average Bonchev–Trinajstić information content (AvgIpc) is 2.86. The van der Waals surface area contributed by atoms with Gasteiger partial charge >= 0.3 is 0 Å². The molecular formula is C15H20N2OS. The number of aliphatic hydroxyl groups is 1. The minimum atomic E-state index is 0.170. The molecule has 2 N–H and O–H groups in total. The molecule has 0 fully saturated rings. The molecule has 0 radical (unpaired) electrons. The van der Waals surface area contributed by atoms with Crippen molar-refractivity contribution in [1.29, 1.82) is 0 Å². The molecule has 0 amide bonds. The Labute approximate surface area is 118 Å². The maximum Gasteiger partial charge on any atom is 0.0897 e. The second-order valence-electron chi connectivity index (χ2n) is 4.65. The van der Waals surface area contributed by atoms with Gasteiger partial charge in [0.2, 0.25) is 0 Å². The number of benzene rings is 1. The highest BCUT2D eigenvalue weighted by atomic mass is 32.1. The third-order valence-electron chi connectivity index (χ3n) is 3.14. The molecule has 2 rings (SSSR count). The Morgan fingerprint density at radius 1 is 1.32 bits per heavy atom. The zero-order valence-electron chi connectivity index (χ0n) is 11.3. The van der Waals surface area contributed by atoms with Crippen molar-refractivity contribution in [2.75, 3.05) is 6.61 Å². The quantitative estimate of drug-likeness (QED) is 0.851. The predicted octanol–water partition coefficient (Wildman–Crippen LogP) is 3.23. The number of thiazole rings is 1. The van der Waals surface area contributed by atoms with Gasteiger partial charge in [0, 0.05) is 29.8 Å². The molecule has 0 aliphatic carbocycles. The van der Waals surface area contributed by atoms with Gasteiger partial charge < -0.3 is 10.4 Å². The summed E-state index contributed by atoms with van der Waals surface area (Å²) in [6.45, 7) is 4.34. The lowest BCUT2D eigenvalue weighted by atomic mass is 10.0. The fraction of sp³-hybridized carbons (Fsp3) is 0.400. The van der Waals surface area contributed by atoms with Crippen LogP contribution in [0.25, 0.3) is 0 Å². The van der Waals surface area contributed by atoms with E-state index in [0.29, 0.717) is 6.42 Å². The van der Waals surface area contributed by atoms with Crippen molar-refractivity contribution < 1.29 is 5.11 Å². The first-order valence-electron chi connectivity index (χ1n) is 6.55. The zero-order chi connectivity index (χ0) is 13.7. The summed E-state index contributed by atoms with van der Waals surface area (Å²) >= 11 is 1.71. The van der Waals surface area contributed by atoms with E-state index in [-0.39, 0.29) is 18.7 Å². The summed E-state index contributed by atoms with van der Waals surface area (Å²) in [5, 5.41) is 13.9. The van der Waals surface area contributed by atoms with Crippen LogP contribution in [0.1, 0.15) is 40.9 Å². The molecule has 1 aromatic heterocycles. The molecular weight excluding hydrogens is 256 g/mol. The highest BCUT2D eigenvalue weighted by Crippen LogP contribution is 2.25. The fourth-order valence-corrected chi connectivity index (χ4v) is 2.92. The van der Waals surface area contributed by atoms with Gasteiger partial charge in [-0.05, 0) is 25.8 Å². The molecule has 1 heterocycles. The maximum absolute atomic E-state index is 9.24. The first-order chi connectivity index (χ1) is 9.20. The Kier molecular flexibility index (Phi) is 5.07. The number of nitrogens with zero attached hydrogens (tertiary/aromatic N) is 1. The largest absolute Gasteiger partial charge is 0.396 e. The number of aliphatic hydroxyl groups excluding tert-OH is 1. The van der Waals surface area contributed by atoms with Gasteiger partial charge in [0.1, 0.15) is 0 Å². The van der Waals surface area contributed by atoms with Crippen molar-refractivity contribution in [1.82, 2.24) is 10.3 Å². The van der Waals surface area contributed by atoms with E-state index in [1.807, 2.05) is 31.3 Å². The van der Waals surface area contributed by atoms with Crippen LogP contribution in [0.2, 0.25) is 0 Å². The number of hydrogen-bond acceptors (Lipinski definition) is 4. The summed E-state index contributed by atoms with van der Waals surface area (Å²) in [5.74, 6) is 0. The van der Waals surface area contributed by atoms with Gasteiger partial charge in [-0.2, -0.15) is 0 Å². The maximum atomic E-state index is 9.24. The Balaban J connectivity index is 2.08. The first-order valence-corrected chi connectivity index (χ1v) is 7.36. The lowest BCUT2D eigenvalue weighted by Gasteiger charge is -2.22. The molecule has 0 saturated heterocycles. The second-order valence-corrected chi connectivity index (χ2v) is 5.91. The molecule has 0 saturated carbocycles. The zero-order valence-corrected chi connectivity index (χ0v) is 12.2. The lowest BCUT2D eigenvalue weighted by molar-refractivity contribution is 0.260. The van der Waals surface area contributed by atoms with Gasteiger partial charge in [-0.3, -0.25) is 0 Å². The monoisotopic (exact) mass is 276 g/mol. The van der Waals surface area contributed by atoms with E-state index in [1.54, 1.807) is 11.3 Å². The first kappa shape index (κ1) is 14.2. The van der Waals surface area contributed by atoms with Crippen LogP contribution in [-0.2, 0) is 0 Å². The van der Waals surface area contributed by atoms with Crippen molar-refractivity contribution in [2.24, 2.45) is 0 Å². The Morgan fingerprint density at radius 3 is 2.63 bits per heavy atom. The molecule has 1 aromatic carbocycles. The van der Waals surface area contributed by atoms with Crippen LogP contribution < -0.4 is 5.32 Å². The highest BCUT2D eigenvalue weighted by Gasteiger charge is 2.16. The van der Waals surface area contributed by atoms with Crippen LogP contribution in [0.15, 0.2) is 36.5 Å². The predicted molar refractivity (Wildman–Crippen MR) is 79.3 cm³/mol. The van der Waals surface area contributed by atoms with E-state index in [2.05, 4.69) is 29.4 Å². The van der Waals surface area contributed by atoms with E-state index in [9.17, 15) is 5.11 Å². The van der Waals surface area contributed by atoms with Crippen LogP contribution in [0.4, 0.5) is 0 Å². The van der Waals surface area contributed by atoms with Crippen LogP contribution >= 0.6 is 11.3 Å². The summed E-state index contributed by atoms with van der Waals surface area (Å²) in [5.41, 5.74) is 1.21. The summed E-state index contributed by atoms with van der Waals surface area (Å²) in [7, 11) is 0. The summed E-state index contributed by atoms with van der Waals surface area (Å²) in [6.07, 6.45) is 2.64. The average molecular weight is 276 g/mol. The molecule has 19 heavy (non-hydrogen) atoms. The number of aromatic nitrogens is 1. The van der Waals surface area contributed by atoms with E-state index in [4.69, 9.17) is 0 Å². The van der Waals surface area contributed by atoms with Gasteiger partial charge in [-0.1, -0.05) is 30.3 Å². The normalized spacial score (nSPS) is 14.3. The number of aryl methyl sites for hydroxylation is 1. The highest BCUT2D eigenvalue weighted by molar-refractivity contribution is 7.11. The van der Waals surface area contributed by atoms with Crippen molar-refractivity contribution in [3.8, 4) is 0 Å². The van der Waals surface area contributed by atoms with E-state index in [1.165, 1.54) is 10.4 Å². The molecule has 0 spiro atoms. The molecule has 1 unspecified atom stereocenters. The standard InChI is InChI=1S/C15H20N2OS/c1-11(15-10-16-12(2)19-15)17-14(8-9-18)13-6-4-3-5-7-13/h3-7,10-11,14,17-18H,8-9H2,1-2H3/t11?,14-/m1/s1. The molecule has 3 nitrogen and oxygen atoms in total. The van der Waals surface area contributed by atoms with Crippen molar-refractivity contribution >= 4 is 11.3 Å². The third-order valence-corrected chi connectivity index (χ3v) is 4.23. The Bertz CT molecular complexity index is 498. The lowest BCUT2D eigenvalue weighted by Crippen LogP contribution is -2.25. The SMILES string of the molecule is Cc1ncc(C(C)N[C@H](CCO)c2ccccc2)s1.